The molecule has 0 aromatic carbocycles. The summed E-state index contributed by atoms with van der Waals surface area (Å²) in [7, 11) is 0. The van der Waals surface area contributed by atoms with Crippen LogP contribution in [0.15, 0.2) is 0 Å². The molecule has 0 amide bonds. The molecule has 28 heavy (non-hydrogen) atoms. The second kappa shape index (κ2) is 16.7. The minimum absolute atomic E-state index is 0.325. The quantitative estimate of drug-likeness (QED) is 0.185. The Kier molecular flexibility index (Phi) is 16.7. The Morgan fingerprint density at radius 1 is 0.429 bits per heavy atom. The first-order valence-corrected chi connectivity index (χ1v) is 13.1. The fourth-order valence-corrected chi connectivity index (χ4v) is 4.85. The zero-order valence-electron chi connectivity index (χ0n) is 21.2. The van der Waals surface area contributed by atoms with E-state index >= 15 is 0 Å². The van der Waals surface area contributed by atoms with Crippen molar-refractivity contribution in [3.63, 3.8) is 0 Å². The predicted octanol–water partition coefficient (Wildman–Crippen LogP) is 9.54. The van der Waals surface area contributed by atoms with Crippen molar-refractivity contribution in [1.29, 1.82) is 0 Å². The highest BCUT2D eigenvalue weighted by Crippen LogP contribution is 2.33. The maximum Gasteiger partial charge on any atom is 0.0158 e. The fourth-order valence-electron chi connectivity index (χ4n) is 4.85. The molecule has 0 bridgehead atoms. The van der Waals surface area contributed by atoms with Gasteiger partial charge in [0.2, 0.25) is 0 Å². The molecule has 0 atom stereocenters. The van der Waals surface area contributed by atoms with Gasteiger partial charge in [0.1, 0.15) is 0 Å². The van der Waals surface area contributed by atoms with Crippen molar-refractivity contribution in [2.75, 3.05) is 6.54 Å². The van der Waals surface area contributed by atoms with Gasteiger partial charge in [-0.1, -0.05) is 111 Å². The van der Waals surface area contributed by atoms with Crippen molar-refractivity contribution in [1.82, 2.24) is 4.90 Å². The molecule has 0 aliphatic carbocycles. The molecule has 0 radical (unpaired) electrons. The number of hydrogen-bond donors (Lipinski definition) is 0. The third kappa shape index (κ3) is 13.2. The first-order chi connectivity index (χ1) is 13.3. The van der Waals surface area contributed by atoms with Gasteiger partial charge in [-0.3, -0.25) is 4.90 Å². The van der Waals surface area contributed by atoms with E-state index in [4.69, 9.17) is 0 Å². The summed E-state index contributed by atoms with van der Waals surface area (Å²) in [4.78, 5) is 2.87. The summed E-state index contributed by atoms with van der Waals surface area (Å²) in [6, 6.07) is 0. The van der Waals surface area contributed by atoms with E-state index in [1.807, 2.05) is 0 Å². The van der Waals surface area contributed by atoms with Crippen molar-refractivity contribution in [3.05, 3.63) is 0 Å². The lowest BCUT2D eigenvalue weighted by molar-refractivity contribution is 0.00199. The molecule has 0 aliphatic rings. The first kappa shape index (κ1) is 28.0. The fraction of sp³-hybridized carbons (Fsp3) is 1.00. The largest absolute Gasteiger partial charge is 0.293 e. The van der Waals surface area contributed by atoms with E-state index in [2.05, 4.69) is 53.4 Å². The molecule has 0 fully saturated rings. The van der Waals surface area contributed by atoms with E-state index < -0.39 is 0 Å². The van der Waals surface area contributed by atoms with E-state index in [-0.39, 0.29) is 0 Å². The van der Waals surface area contributed by atoms with Crippen LogP contribution in [0.3, 0.4) is 0 Å². The third-order valence-electron chi connectivity index (χ3n) is 6.73. The smallest absolute Gasteiger partial charge is 0.0158 e. The summed E-state index contributed by atoms with van der Waals surface area (Å²) >= 11 is 0. The number of nitrogens with zero attached hydrogens (tertiary/aromatic N) is 1. The second-order valence-corrected chi connectivity index (χ2v) is 10.5. The zero-order valence-corrected chi connectivity index (χ0v) is 21.2. The maximum absolute atomic E-state index is 2.87. The van der Waals surface area contributed by atoms with Crippen LogP contribution in [0.4, 0.5) is 0 Å². The minimum atomic E-state index is 0.325. The van der Waals surface area contributed by atoms with Gasteiger partial charge in [-0.2, -0.15) is 0 Å². The lowest BCUT2D eigenvalue weighted by atomic mass is 9.85. The molecular formula is C27H57N. The molecule has 0 aliphatic heterocycles. The highest BCUT2D eigenvalue weighted by atomic mass is 15.2. The average Bonchev–Trinajstić information content (AvgIpc) is 2.65. The molecule has 0 rings (SSSR count). The van der Waals surface area contributed by atoms with Crippen LogP contribution in [-0.2, 0) is 0 Å². The molecule has 1 heteroatoms. The van der Waals surface area contributed by atoms with Gasteiger partial charge in [-0.25, -0.2) is 0 Å². The second-order valence-electron chi connectivity index (χ2n) is 10.5. The van der Waals surface area contributed by atoms with Gasteiger partial charge in [0, 0.05) is 11.1 Å². The Bertz CT molecular complexity index is 311. The molecule has 170 valence electrons. The number of hydrogen-bond acceptors (Lipinski definition) is 1. The Balaban J connectivity index is 4.24. The van der Waals surface area contributed by atoms with Gasteiger partial charge >= 0.3 is 0 Å². The minimum Gasteiger partial charge on any atom is -0.293 e. The monoisotopic (exact) mass is 395 g/mol. The molecule has 0 saturated carbocycles. The molecule has 0 N–H and O–H groups in total. The Morgan fingerprint density at radius 3 is 1.11 bits per heavy atom. The van der Waals surface area contributed by atoms with Crippen LogP contribution < -0.4 is 0 Å². The highest BCUT2D eigenvalue weighted by Gasteiger charge is 2.36. The summed E-state index contributed by atoms with van der Waals surface area (Å²) in [5.41, 5.74) is 0.650. The molecule has 0 heterocycles. The maximum atomic E-state index is 2.87. The van der Waals surface area contributed by atoms with Crippen molar-refractivity contribution in [3.8, 4) is 0 Å². The lowest BCUT2D eigenvalue weighted by Crippen LogP contribution is -2.55. The SMILES string of the molecule is CCCCCCCCCCCCCN(C(C)(C)CCCC)C(C)(C)CCCC. The van der Waals surface area contributed by atoms with Crippen molar-refractivity contribution >= 4 is 0 Å². The molecule has 0 aromatic heterocycles. The molecular weight excluding hydrogens is 338 g/mol. The zero-order chi connectivity index (χ0) is 21.3. The molecule has 0 aromatic rings. The predicted molar refractivity (Wildman–Crippen MR) is 130 cm³/mol. The van der Waals surface area contributed by atoms with Crippen LogP contribution in [0.5, 0.6) is 0 Å². The van der Waals surface area contributed by atoms with Gasteiger partial charge in [0.15, 0.2) is 0 Å². The van der Waals surface area contributed by atoms with Gasteiger partial charge in [-0.15, -0.1) is 0 Å². The number of unbranched alkanes of at least 4 members (excludes halogenated alkanes) is 12. The molecule has 1 nitrogen and oxygen atoms in total. The van der Waals surface area contributed by atoms with Crippen LogP contribution in [0.25, 0.3) is 0 Å². The Morgan fingerprint density at radius 2 is 0.750 bits per heavy atom. The van der Waals surface area contributed by atoms with E-state index in [0.29, 0.717) is 11.1 Å². The van der Waals surface area contributed by atoms with Crippen molar-refractivity contribution in [2.24, 2.45) is 0 Å². The first-order valence-electron chi connectivity index (χ1n) is 13.1. The van der Waals surface area contributed by atoms with Crippen molar-refractivity contribution < 1.29 is 0 Å². The van der Waals surface area contributed by atoms with Gasteiger partial charge in [0.25, 0.3) is 0 Å². The summed E-state index contributed by atoms with van der Waals surface area (Å²) in [6.45, 7) is 18.2. The van der Waals surface area contributed by atoms with Gasteiger partial charge in [-0.05, 0) is 53.5 Å². The van der Waals surface area contributed by atoms with Crippen LogP contribution >= 0.6 is 0 Å². The van der Waals surface area contributed by atoms with Crippen LogP contribution in [0, 0.1) is 0 Å². The Labute approximate surface area is 180 Å². The average molecular weight is 396 g/mol. The summed E-state index contributed by atoms with van der Waals surface area (Å²) in [6.07, 6.45) is 23.8. The van der Waals surface area contributed by atoms with Crippen LogP contribution in [-0.4, -0.2) is 22.5 Å². The van der Waals surface area contributed by atoms with Crippen LogP contribution in [0.2, 0.25) is 0 Å². The van der Waals surface area contributed by atoms with Crippen LogP contribution in [0.1, 0.15) is 158 Å². The Hall–Kier alpha value is -0.0400. The summed E-state index contributed by atoms with van der Waals surface area (Å²) in [5.74, 6) is 0. The van der Waals surface area contributed by atoms with E-state index in [0.717, 1.165) is 0 Å². The van der Waals surface area contributed by atoms with E-state index in [1.54, 1.807) is 0 Å². The summed E-state index contributed by atoms with van der Waals surface area (Å²) < 4.78 is 0. The number of rotatable bonds is 20. The third-order valence-corrected chi connectivity index (χ3v) is 6.73. The van der Waals surface area contributed by atoms with E-state index in [9.17, 15) is 0 Å². The lowest BCUT2D eigenvalue weighted by Gasteiger charge is -2.49. The molecule has 0 unspecified atom stereocenters. The standard InChI is InChI=1S/C27H57N/c1-8-11-14-15-16-17-18-19-20-21-22-25-28(26(4,5)23-12-9-2)27(6,7)24-13-10-3/h8-25H2,1-7H3. The van der Waals surface area contributed by atoms with Crippen molar-refractivity contribution in [2.45, 2.75) is 169 Å². The summed E-state index contributed by atoms with van der Waals surface area (Å²) in [5, 5.41) is 0. The molecule has 0 saturated heterocycles. The van der Waals surface area contributed by atoms with Gasteiger partial charge < -0.3 is 0 Å². The normalized spacial score (nSPS) is 12.9. The van der Waals surface area contributed by atoms with E-state index in [1.165, 1.54) is 116 Å². The highest BCUT2D eigenvalue weighted by molar-refractivity contribution is 4.92. The van der Waals surface area contributed by atoms with Gasteiger partial charge in [0.05, 0.1) is 0 Å². The molecule has 0 spiro atoms. The topological polar surface area (TPSA) is 3.24 Å².